The molecule has 8 nitrogen and oxygen atoms in total. The number of nitrogens with zero attached hydrogens (tertiary/aromatic N) is 1. The maximum atomic E-state index is 14.2. The van der Waals surface area contributed by atoms with E-state index in [1.165, 1.54) is 4.90 Å². The summed E-state index contributed by atoms with van der Waals surface area (Å²) in [5, 5.41) is 16.8. The number of hydrogen-bond acceptors (Lipinski definition) is 5. The zero-order chi connectivity index (χ0) is 26.4. The molecule has 0 radical (unpaired) electrons. The number of fused-ring (bicyclic) bond motifs is 1. The second-order valence-corrected chi connectivity index (χ2v) is 11.3. The van der Waals surface area contributed by atoms with Crippen LogP contribution < -0.4 is 10.6 Å². The predicted molar refractivity (Wildman–Crippen MR) is 137 cm³/mol. The van der Waals surface area contributed by atoms with Crippen molar-refractivity contribution in [2.75, 3.05) is 18.5 Å². The Kier molecular flexibility index (Phi) is 7.43. The van der Waals surface area contributed by atoms with E-state index in [0.29, 0.717) is 30.1 Å². The summed E-state index contributed by atoms with van der Waals surface area (Å²) < 4.78 is 6.71. The Balaban J connectivity index is 1.80. The van der Waals surface area contributed by atoms with Gasteiger partial charge in [0, 0.05) is 17.3 Å². The Morgan fingerprint density at radius 2 is 1.92 bits per heavy atom. The van der Waals surface area contributed by atoms with Crippen molar-refractivity contribution in [3.63, 3.8) is 0 Å². The van der Waals surface area contributed by atoms with Crippen molar-refractivity contribution in [1.29, 1.82) is 0 Å². The second-order valence-electron chi connectivity index (χ2n) is 10.9. The van der Waals surface area contributed by atoms with Gasteiger partial charge in [-0.3, -0.25) is 14.4 Å². The monoisotopic (exact) mass is 519 g/mol. The molecule has 3 aliphatic heterocycles. The van der Waals surface area contributed by atoms with Crippen molar-refractivity contribution in [3.05, 3.63) is 29.3 Å². The zero-order valence-corrected chi connectivity index (χ0v) is 22.5. The fourth-order valence-electron chi connectivity index (χ4n) is 6.65. The minimum atomic E-state index is -1.16. The molecule has 0 aromatic heterocycles. The second kappa shape index (κ2) is 9.95. The lowest BCUT2D eigenvalue weighted by molar-refractivity contribution is -0.150. The highest BCUT2D eigenvalue weighted by atomic mass is 35.5. The summed E-state index contributed by atoms with van der Waals surface area (Å²) in [6, 6.07) is 5.21. The van der Waals surface area contributed by atoms with Crippen LogP contribution in [0.15, 0.2) is 24.3 Å². The summed E-state index contributed by atoms with van der Waals surface area (Å²) in [4.78, 5) is 43.1. The number of aliphatic hydroxyl groups excluding tert-OH is 1. The lowest BCUT2D eigenvalue weighted by atomic mass is 9.62. The smallest absolute Gasteiger partial charge is 0.250 e. The average molecular weight is 520 g/mol. The summed E-state index contributed by atoms with van der Waals surface area (Å²) >= 11 is 6.01. The molecule has 4 rings (SSSR count). The minimum absolute atomic E-state index is 0.0408. The fourth-order valence-corrected chi connectivity index (χ4v) is 6.78. The Hall–Kier alpha value is -2.16. The lowest BCUT2D eigenvalue weighted by Gasteiger charge is -2.39. The molecular weight excluding hydrogens is 482 g/mol. The van der Waals surface area contributed by atoms with E-state index >= 15 is 0 Å². The number of nitrogens with one attached hydrogen (secondary N) is 2. The molecule has 3 unspecified atom stereocenters. The average Bonchev–Trinajstić information content (AvgIpc) is 3.36. The summed E-state index contributed by atoms with van der Waals surface area (Å²) in [6.07, 6.45) is 1.97. The number of carbonyl (C=O) groups excluding carboxylic acids is 3. The molecule has 1 aromatic rings. The molecule has 0 aliphatic carbocycles. The number of aliphatic hydroxyl groups is 1. The minimum Gasteiger partial charge on any atom is -0.394 e. The van der Waals surface area contributed by atoms with Crippen molar-refractivity contribution < 1.29 is 24.2 Å². The Morgan fingerprint density at radius 1 is 1.25 bits per heavy atom. The van der Waals surface area contributed by atoms with Gasteiger partial charge in [0.15, 0.2) is 0 Å². The number of rotatable bonds is 9. The topological polar surface area (TPSA) is 108 Å². The van der Waals surface area contributed by atoms with Gasteiger partial charge in [0.05, 0.1) is 30.1 Å². The Morgan fingerprint density at radius 3 is 2.50 bits per heavy atom. The van der Waals surface area contributed by atoms with Gasteiger partial charge in [-0.2, -0.15) is 0 Å². The summed E-state index contributed by atoms with van der Waals surface area (Å²) in [7, 11) is 0. The van der Waals surface area contributed by atoms with Gasteiger partial charge in [-0.15, -0.1) is 0 Å². The molecule has 2 bridgehead atoms. The van der Waals surface area contributed by atoms with Gasteiger partial charge >= 0.3 is 0 Å². The van der Waals surface area contributed by atoms with E-state index in [2.05, 4.69) is 10.6 Å². The first kappa shape index (κ1) is 26.9. The van der Waals surface area contributed by atoms with E-state index in [4.69, 9.17) is 16.3 Å². The van der Waals surface area contributed by atoms with Crippen LogP contribution in [0.3, 0.4) is 0 Å². The summed E-state index contributed by atoms with van der Waals surface area (Å²) in [6.45, 7) is 10.1. The van der Waals surface area contributed by atoms with Gasteiger partial charge < -0.3 is 25.4 Å². The van der Waals surface area contributed by atoms with Crippen molar-refractivity contribution in [3.8, 4) is 0 Å². The summed E-state index contributed by atoms with van der Waals surface area (Å²) in [5.74, 6) is -2.51. The number of benzene rings is 1. The highest BCUT2D eigenvalue weighted by Gasteiger charge is 2.80. The normalized spacial score (nSPS) is 34.4. The molecule has 1 spiro atoms. The van der Waals surface area contributed by atoms with Crippen LogP contribution in [0.5, 0.6) is 0 Å². The first-order valence-corrected chi connectivity index (χ1v) is 13.4. The number of anilines is 1. The van der Waals surface area contributed by atoms with Crippen molar-refractivity contribution in [1.82, 2.24) is 10.2 Å². The third-order valence-electron chi connectivity index (χ3n) is 8.79. The predicted octanol–water partition coefficient (Wildman–Crippen LogP) is 3.22. The molecule has 198 valence electrons. The molecule has 8 atom stereocenters. The van der Waals surface area contributed by atoms with Crippen LogP contribution in [0, 0.1) is 23.7 Å². The Labute approximate surface area is 218 Å². The number of likely N-dealkylation sites (tertiary alicyclic amines) is 1. The van der Waals surface area contributed by atoms with E-state index in [1.807, 2.05) is 34.6 Å². The largest absolute Gasteiger partial charge is 0.394 e. The molecule has 0 saturated carbocycles. The van der Waals surface area contributed by atoms with Crippen LogP contribution in [-0.2, 0) is 19.1 Å². The van der Waals surface area contributed by atoms with Crippen LogP contribution >= 0.6 is 11.6 Å². The quantitative estimate of drug-likeness (QED) is 0.464. The first-order chi connectivity index (χ1) is 17.0. The third kappa shape index (κ3) is 4.02. The van der Waals surface area contributed by atoms with E-state index in [-0.39, 0.29) is 36.2 Å². The van der Waals surface area contributed by atoms with Gasteiger partial charge in [-0.25, -0.2) is 0 Å². The molecule has 3 heterocycles. The van der Waals surface area contributed by atoms with Crippen molar-refractivity contribution in [2.45, 2.75) is 77.2 Å². The Bertz CT molecular complexity index is 1020. The van der Waals surface area contributed by atoms with E-state index in [1.54, 1.807) is 24.3 Å². The van der Waals surface area contributed by atoms with E-state index < -0.39 is 35.1 Å². The van der Waals surface area contributed by atoms with Gasteiger partial charge in [-0.05, 0) is 55.9 Å². The maximum Gasteiger partial charge on any atom is 0.250 e. The lowest BCUT2D eigenvalue weighted by Crippen LogP contribution is -2.57. The fraction of sp³-hybridized carbons (Fsp3) is 0.667. The van der Waals surface area contributed by atoms with Crippen LogP contribution in [0.4, 0.5) is 5.69 Å². The number of hydrogen-bond donors (Lipinski definition) is 3. The van der Waals surface area contributed by atoms with E-state index in [9.17, 15) is 19.5 Å². The maximum absolute atomic E-state index is 14.2. The van der Waals surface area contributed by atoms with Crippen LogP contribution in [-0.4, -0.2) is 64.2 Å². The molecule has 9 heteroatoms. The van der Waals surface area contributed by atoms with Gasteiger partial charge in [0.1, 0.15) is 11.6 Å². The highest BCUT2D eigenvalue weighted by Crippen LogP contribution is 2.65. The number of ether oxygens (including phenoxy) is 1. The number of amides is 3. The van der Waals surface area contributed by atoms with E-state index in [0.717, 1.165) is 6.42 Å². The molecule has 3 N–H and O–H groups in total. The van der Waals surface area contributed by atoms with Gasteiger partial charge in [-0.1, -0.05) is 45.7 Å². The molecule has 3 saturated heterocycles. The SMILES string of the molecule is CCCNC(=O)[C@@H]1[C@H]2C(=O)N([C@@H](CO)[C@@H](C)CC)C(C(=O)Nc3ccc(Cl)cc3)C23CC(C)[C@@]1(C)O3. The molecule has 3 aliphatic rings. The molecular formula is C27H38ClN3O5. The van der Waals surface area contributed by atoms with Crippen LogP contribution in [0.1, 0.15) is 53.9 Å². The highest BCUT2D eigenvalue weighted by molar-refractivity contribution is 6.30. The molecule has 1 aromatic carbocycles. The van der Waals surface area contributed by atoms with Crippen molar-refractivity contribution in [2.24, 2.45) is 23.7 Å². The van der Waals surface area contributed by atoms with Gasteiger partial charge in [0.2, 0.25) is 17.7 Å². The van der Waals surface area contributed by atoms with Crippen molar-refractivity contribution >= 4 is 35.0 Å². The zero-order valence-electron chi connectivity index (χ0n) is 21.7. The third-order valence-corrected chi connectivity index (χ3v) is 9.04. The molecule has 3 fully saturated rings. The van der Waals surface area contributed by atoms with Crippen LogP contribution in [0.2, 0.25) is 5.02 Å². The first-order valence-electron chi connectivity index (χ1n) is 13.0. The van der Waals surface area contributed by atoms with Gasteiger partial charge in [0.25, 0.3) is 0 Å². The summed E-state index contributed by atoms with van der Waals surface area (Å²) in [5.41, 5.74) is -1.48. The van der Waals surface area contributed by atoms with Crippen LogP contribution in [0.25, 0.3) is 0 Å². The molecule has 36 heavy (non-hydrogen) atoms. The number of halogens is 1. The molecule has 3 amide bonds. The standard InChI is InChI=1S/C27H38ClN3O5/c1-6-12-29-23(33)20-21-25(35)31(19(14-32)15(3)7-2)22(27(21)13-16(4)26(20,5)36-27)24(34)30-18-10-8-17(28)9-11-18/h8-11,15-16,19-22,32H,6-7,12-14H2,1-5H3,(H,29,33)(H,30,34)/t15-,16?,19-,20-,21-,22?,26+,27?/m0/s1. The number of carbonyl (C=O) groups is 3.